The number of nitrogens with two attached hydrogens (primary N) is 1. The molecule has 0 atom stereocenters. The standard InChI is InChI=1S/C16H20BrN3O2S/c1-21-14-9-11(8-13(17)15(14)22-2)10-20-16(18)19-6-5-12-4-3-7-23-12/h3-4,7-9H,5-6,10H2,1-2H3,(H3,18,19,20). The Morgan fingerprint density at radius 3 is 2.83 bits per heavy atom. The number of nitrogens with zero attached hydrogens (tertiary/aromatic N) is 1. The van der Waals surface area contributed by atoms with Crippen LogP contribution in [0.25, 0.3) is 0 Å². The minimum Gasteiger partial charge on any atom is -0.493 e. The van der Waals surface area contributed by atoms with E-state index in [1.54, 1.807) is 25.6 Å². The average Bonchev–Trinajstić information content (AvgIpc) is 3.05. The highest BCUT2D eigenvalue weighted by Crippen LogP contribution is 2.36. The van der Waals surface area contributed by atoms with Crippen molar-refractivity contribution in [2.45, 2.75) is 13.0 Å². The smallest absolute Gasteiger partial charge is 0.188 e. The van der Waals surface area contributed by atoms with E-state index in [2.05, 4.69) is 37.7 Å². The predicted molar refractivity (Wildman–Crippen MR) is 98.6 cm³/mol. The van der Waals surface area contributed by atoms with Crippen LogP contribution in [0.4, 0.5) is 0 Å². The van der Waals surface area contributed by atoms with Crippen LogP contribution in [0.5, 0.6) is 11.5 Å². The molecule has 0 aliphatic carbocycles. The first-order valence-electron chi connectivity index (χ1n) is 7.10. The van der Waals surface area contributed by atoms with Crippen LogP contribution < -0.4 is 20.5 Å². The lowest BCUT2D eigenvalue weighted by Gasteiger charge is -2.11. The van der Waals surface area contributed by atoms with Crippen molar-refractivity contribution in [2.75, 3.05) is 20.8 Å². The van der Waals surface area contributed by atoms with Crippen LogP contribution in [0.2, 0.25) is 0 Å². The first-order valence-corrected chi connectivity index (χ1v) is 8.78. The van der Waals surface area contributed by atoms with E-state index < -0.39 is 0 Å². The molecule has 0 spiro atoms. The van der Waals surface area contributed by atoms with Gasteiger partial charge < -0.3 is 20.5 Å². The monoisotopic (exact) mass is 397 g/mol. The molecule has 3 N–H and O–H groups in total. The highest BCUT2D eigenvalue weighted by atomic mass is 79.9. The molecular formula is C16H20BrN3O2S. The van der Waals surface area contributed by atoms with Gasteiger partial charge in [0.1, 0.15) is 0 Å². The second-order valence-corrected chi connectivity index (χ2v) is 6.66. The molecule has 0 aliphatic rings. The lowest BCUT2D eigenvalue weighted by molar-refractivity contribution is 0.352. The molecule has 2 aromatic rings. The van der Waals surface area contributed by atoms with Gasteiger partial charge in [-0.15, -0.1) is 11.3 Å². The molecule has 1 heterocycles. The number of nitrogens with one attached hydrogen (secondary N) is 1. The molecule has 23 heavy (non-hydrogen) atoms. The van der Waals surface area contributed by atoms with Gasteiger partial charge in [-0.2, -0.15) is 0 Å². The van der Waals surface area contributed by atoms with E-state index in [0.717, 1.165) is 23.0 Å². The minimum absolute atomic E-state index is 0.437. The molecule has 1 aromatic heterocycles. The van der Waals surface area contributed by atoms with Crippen molar-refractivity contribution in [2.24, 2.45) is 10.7 Å². The Hall–Kier alpha value is -1.73. The lowest BCUT2D eigenvalue weighted by atomic mass is 10.2. The molecule has 0 saturated heterocycles. The molecule has 2 rings (SSSR count). The molecule has 1 aromatic carbocycles. The number of hydrogen-bond donors (Lipinski definition) is 2. The topological polar surface area (TPSA) is 68.9 Å². The van der Waals surface area contributed by atoms with Gasteiger partial charge in [0.15, 0.2) is 17.5 Å². The molecule has 0 saturated carbocycles. The Balaban J connectivity index is 1.92. The molecule has 0 amide bonds. The highest BCUT2D eigenvalue weighted by Gasteiger charge is 2.10. The fourth-order valence-corrected chi connectivity index (χ4v) is 3.42. The summed E-state index contributed by atoms with van der Waals surface area (Å²) in [5.74, 6) is 1.77. The normalized spacial score (nSPS) is 11.3. The Morgan fingerprint density at radius 1 is 1.35 bits per heavy atom. The van der Waals surface area contributed by atoms with Crippen molar-refractivity contribution in [1.82, 2.24) is 5.32 Å². The summed E-state index contributed by atoms with van der Waals surface area (Å²) < 4.78 is 11.4. The molecule has 0 radical (unpaired) electrons. The SMILES string of the molecule is COc1cc(CN=C(N)NCCc2cccs2)cc(Br)c1OC. The lowest BCUT2D eigenvalue weighted by Crippen LogP contribution is -2.33. The Kier molecular flexibility index (Phi) is 6.73. The number of ether oxygens (including phenoxy) is 2. The maximum atomic E-state index is 5.90. The average molecular weight is 398 g/mol. The molecule has 5 nitrogen and oxygen atoms in total. The highest BCUT2D eigenvalue weighted by molar-refractivity contribution is 9.10. The number of thiophene rings is 1. The number of aliphatic imine (C=N–C) groups is 1. The summed E-state index contributed by atoms with van der Waals surface area (Å²) in [4.78, 5) is 5.68. The van der Waals surface area contributed by atoms with Crippen LogP contribution in [0, 0.1) is 0 Å². The third-order valence-corrected chi connectivity index (χ3v) is 4.71. The van der Waals surface area contributed by atoms with Crippen molar-refractivity contribution in [1.29, 1.82) is 0 Å². The van der Waals surface area contributed by atoms with Crippen molar-refractivity contribution >= 4 is 33.2 Å². The molecule has 0 aliphatic heterocycles. The third-order valence-electron chi connectivity index (χ3n) is 3.18. The molecule has 124 valence electrons. The molecule has 7 heteroatoms. The van der Waals surface area contributed by atoms with Crippen LogP contribution >= 0.6 is 27.3 Å². The Bertz CT molecular complexity index is 660. The first-order chi connectivity index (χ1) is 11.1. The van der Waals surface area contributed by atoms with E-state index in [4.69, 9.17) is 15.2 Å². The van der Waals surface area contributed by atoms with Crippen LogP contribution in [-0.2, 0) is 13.0 Å². The third kappa shape index (κ3) is 5.14. The van der Waals surface area contributed by atoms with E-state index in [1.807, 2.05) is 18.2 Å². The zero-order valence-corrected chi connectivity index (χ0v) is 15.5. The van der Waals surface area contributed by atoms with E-state index in [-0.39, 0.29) is 0 Å². The number of guanidine groups is 1. The molecular weight excluding hydrogens is 378 g/mol. The summed E-state index contributed by atoms with van der Waals surface area (Å²) in [5.41, 5.74) is 6.88. The molecule has 0 unspecified atom stereocenters. The number of benzene rings is 1. The van der Waals surface area contributed by atoms with Crippen molar-refractivity contribution in [3.63, 3.8) is 0 Å². The maximum Gasteiger partial charge on any atom is 0.188 e. The van der Waals surface area contributed by atoms with Gasteiger partial charge in [0.05, 0.1) is 25.2 Å². The van der Waals surface area contributed by atoms with Gasteiger partial charge in [-0.1, -0.05) is 6.07 Å². The number of hydrogen-bond acceptors (Lipinski definition) is 4. The van der Waals surface area contributed by atoms with Gasteiger partial charge in [0.25, 0.3) is 0 Å². The van der Waals surface area contributed by atoms with Crippen LogP contribution in [0.1, 0.15) is 10.4 Å². The van der Waals surface area contributed by atoms with Crippen LogP contribution in [0.15, 0.2) is 39.1 Å². The van der Waals surface area contributed by atoms with Gasteiger partial charge in [-0.05, 0) is 51.5 Å². The fraction of sp³-hybridized carbons (Fsp3) is 0.312. The van der Waals surface area contributed by atoms with E-state index >= 15 is 0 Å². The largest absolute Gasteiger partial charge is 0.493 e. The summed E-state index contributed by atoms with van der Waals surface area (Å²) >= 11 is 5.21. The zero-order valence-electron chi connectivity index (χ0n) is 13.1. The number of methoxy groups -OCH3 is 2. The summed E-state index contributed by atoms with van der Waals surface area (Å²) in [7, 11) is 3.22. The number of halogens is 1. The van der Waals surface area contributed by atoms with E-state index in [0.29, 0.717) is 24.0 Å². The summed E-state index contributed by atoms with van der Waals surface area (Å²) in [6, 6.07) is 8.00. The second kappa shape index (κ2) is 8.79. The predicted octanol–water partition coefficient (Wildman–Crippen LogP) is 3.17. The summed E-state index contributed by atoms with van der Waals surface area (Å²) in [5, 5.41) is 5.19. The van der Waals surface area contributed by atoms with Gasteiger partial charge in [0.2, 0.25) is 0 Å². The quantitative estimate of drug-likeness (QED) is 0.555. The minimum atomic E-state index is 0.437. The van der Waals surface area contributed by atoms with E-state index in [9.17, 15) is 0 Å². The van der Waals surface area contributed by atoms with Gasteiger partial charge in [-0.3, -0.25) is 0 Å². The van der Waals surface area contributed by atoms with Crippen LogP contribution in [-0.4, -0.2) is 26.7 Å². The first kappa shape index (κ1) is 17.6. The van der Waals surface area contributed by atoms with Gasteiger partial charge in [0, 0.05) is 11.4 Å². The maximum absolute atomic E-state index is 5.90. The van der Waals surface area contributed by atoms with Crippen molar-refractivity contribution < 1.29 is 9.47 Å². The zero-order chi connectivity index (χ0) is 16.7. The van der Waals surface area contributed by atoms with Crippen molar-refractivity contribution in [3.05, 3.63) is 44.6 Å². The molecule has 0 fully saturated rings. The summed E-state index contributed by atoms with van der Waals surface area (Å²) in [6.07, 6.45) is 0.940. The molecule has 0 bridgehead atoms. The Labute approximate surface area is 148 Å². The fourth-order valence-electron chi connectivity index (χ4n) is 2.06. The number of rotatable bonds is 7. The second-order valence-electron chi connectivity index (χ2n) is 4.77. The van der Waals surface area contributed by atoms with Crippen LogP contribution in [0.3, 0.4) is 0 Å². The van der Waals surface area contributed by atoms with Gasteiger partial charge >= 0.3 is 0 Å². The van der Waals surface area contributed by atoms with Gasteiger partial charge in [-0.25, -0.2) is 4.99 Å². The van der Waals surface area contributed by atoms with Crippen molar-refractivity contribution in [3.8, 4) is 11.5 Å². The Morgan fingerprint density at radius 2 is 2.17 bits per heavy atom. The summed E-state index contributed by atoms with van der Waals surface area (Å²) in [6.45, 7) is 1.24. The van der Waals surface area contributed by atoms with E-state index in [1.165, 1.54) is 4.88 Å².